The fraction of sp³-hybridized carbons (Fsp3) is 0.450. The second-order valence-electron chi connectivity index (χ2n) is 6.70. The van der Waals surface area contributed by atoms with Crippen molar-refractivity contribution >= 4 is 5.91 Å². The lowest BCUT2D eigenvalue weighted by molar-refractivity contribution is -0.161. The lowest BCUT2D eigenvalue weighted by Gasteiger charge is -2.22. The van der Waals surface area contributed by atoms with E-state index in [0.29, 0.717) is 25.1 Å². The summed E-state index contributed by atoms with van der Waals surface area (Å²) in [5, 5.41) is 11.2. The average molecular weight is 370 g/mol. The molecule has 0 radical (unpaired) electrons. The molecule has 0 aliphatic carbocycles. The third-order valence-electron chi connectivity index (χ3n) is 4.38. The molecule has 1 fully saturated rings. The number of amides is 1. The lowest BCUT2D eigenvalue weighted by Crippen LogP contribution is -2.23. The molecule has 1 aliphatic rings. The van der Waals surface area contributed by atoms with Crippen molar-refractivity contribution in [1.82, 2.24) is 20.3 Å². The highest BCUT2D eigenvalue weighted by atomic mass is 16.7. The highest BCUT2D eigenvalue weighted by molar-refractivity contribution is 5.91. The normalized spacial score (nSPS) is 16.9. The smallest absolute Gasteiger partial charge is 0.246 e. The van der Waals surface area contributed by atoms with Gasteiger partial charge in [-0.1, -0.05) is 23.9 Å². The largest absolute Gasteiger partial charge is 0.353 e. The molecule has 7 heteroatoms. The fourth-order valence-electron chi connectivity index (χ4n) is 2.78. The van der Waals surface area contributed by atoms with Crippen LogP contribution in [-0.4, -0.2) is 40.4 Å². The van der Waals surface area contributed by atoms with E-state index < -0.39 is 0 Å². The molecule has 0 bridgehead atoms. The lowest BCUT2D eigenvalue weighted by atomic mass is 10.2. The summed E-state index contributed by atoms with van der Waals surface area (Å²) in [5.41, 5.74) is 3.30. The van der Waals surface area contributed by atoms with Gasteiger partial charge in [-0.3, -0.25) is 4.79 Å². The van der Waals surface area contributed by atoms with Gasteiger partial charge in [0.15, 0.2) is 6.29 Å². The zero-order valence-electron chi connectivity index (χ0n) is 15.7. The van der Waals surface area contributed by atoms with E-state index in [1.807, 2.05) is 30.5 Å². The van der Waals surface area contributed by atoms with Gasteiger partial charge in [0.05, 0.1) is 24.2 Å². The van der Waals surface area contributed by atoms with E-state index in [0.717, 1.165) is 42.8 Å². The maximum Gasteiger partial charge on any atom is 0.246 e. The van der Waals surface area contributed by atoms with Gasteiger partial charge in [0.2, 0.25) is 5.91 Å². The number of rotatable bonds is 8. The Morgan fingerprint density at radius 1 is 1.37 bits per heavy atom. The van der Waals surface area contributed by atoms with E-state index in [1.165, 1.54) is 0 Å². The Morgan fingerprint density at radius 2 is 2.19 bits per heavy atom. The van der Waals surface area contributed by atoms with Gasteiger partial charge in [-0.15, -0.1) is 5.10 Å². The highest BCUT2D eigenvalue weighted by Crippen LogP contribution is 2.14. The van der Waals surface area contributed by atoms with Crippen LogP contribution < -0.4 is 5.32 Å². The van der Waals surface area contributed by atoms with Gasteiger partial charge < -0.3 is 14.8 Å². The molecule has 1 aromatic heterocycles. The van der Waals surface area contributed by atoms with Crippen LogP contribution in [-0.2, 0) is 27.2 Å². The minimum Gasteiger partial charge on any atom is -0.353 e. The summed E-state index contributed by atoms with van der Waals surface area (Å²) < 4.78 is 13.0. The van der Waals surface area contributed by atoms with Gasteiger partial charge in [-0.05, 0) is 43.9 Å². The molecule has 27 heavy (non-hydrogen) atoms. The Labute approximate surface area is 159 Å². The predicted octanol–water partition coefficient (Wildman–Crippen LogP) is 2.55. The summed E-state index contributed by atoms with van der Waals surface area (Å²) in [4.78, 5) is 11.5. The quantitative estimate of drug-likeness (QED) is 0.723. The van der Waals surface area contributed by atoms with E-state index in [2.05, 4.69) is 22.2 Å². The number of carbonyl (C=O) groups is 1. The van der Waals surface area contributed by atoms with Crippen molar-refractivity contribution in [3.8, 4) is 5.69 Å². The molecule has 144 valence electrons. The molecule has 0 saturated carbocycles. The van der Waals surface area contributed by atoms with Gasteiger partial charge in [-0.25, -0.2) is 4.68 Å². The first-order chi connectivity index (χ1) is 13.1. The van der Waals surface area contributed by atoms with Crippen molar-refractivity contribution in [2.24, 2.45) is 0 Å². The third-order valence-corrected chi connectivity index (χ3v) is 4.38. The monoisotopic (exact) mass is 370 g/mol. The second-order valence-corrected chi connectivity index (χ2v) is 6.70. The van der Waals surface area contributed by atoms with Crippen molar-refractivity contribution in [3.63, 3.8) is 0 Å². The third kappa shape index (κ3) is 5.74. The summed E-state index contributed by atoms with van der Waals surface area (Å²) in [6.07, 6.45) is 5.77. The minimum atomic E-state index is -0.138. The van der Waals surface area contributed by atoms with Gasteiger partial charge >= 0.3 is 0 Å². The Hall–Kier alpha value is -2.51. The number of carbonyl (C=O) groups excluding carboxylic acids is 1. The molecule has 1 saturated heterocycles. The summed E-state index contributed by atoms with van der Waals surface area (Å²) >= 11 is 0. The molecule has 2 aromatic rings. The maximum atomic E-state index is 11.5. The van der Waals surface area contributed by atoms with Gasteiger partial charge in [-0.2, -0.15) is 0 Å². The van der Waals surface area contributed by atoms with E-state index in [1.54, 1.807) is 11.6 Å². The molecule has 1 N–H and O–H groups in total. The summed E-state index contributed by atoms with van der Waals surface area (Å²) in [7, 11) is 0. The van der Waals surface area contributed by atoms with Crippen molar-refractivity contribution < 1.29 is 14.3 Å². The predicted molar refractivity (Wildman–Crippen MR) is 101 cm³/mol. The van der Waals surface area contributed by atoms with Crippen molar-refractivity contribution in [2.45, 2.75) is 45.4 Å². The number of nitrogens with zero attached hydrogens (tertiary/aromatic N) is 3. The SMILES string of the molecule is C=C(C)C(=O)NCc1ccc(-n2cc(CCOC3CCCCO3)nn2)cc1. The average Bonchev–Trinajstić information content (AvgIpc) is 3.16. The van der Waals surface area contributed by atoms with Crippen LogP contribution in [0.2, 0.25) is 0 Å². The van der Waals surface area contributed by atoms with E-state index in [-0.39, 0.29) is 12.2 Å². The number of ether oxygens (including phenoxy) is 2. The first-order valence-electron chi connectivity index (χ1n) is 9.29. The van der Waals surface area contributed by atoms with Crippen molar-refractivity contribution in [1.29, 1.82) is 0 Å². The Morgan fingerprint density at radius 3 is 2.89 bits per heavy atom. The fourth-order valence-corrected chi connectivity index (χ4v) is 2.78. The molecule has 1 atom stereocenters. The molecule has 1 aliphatic heterocycles. The summed E-state index contributed by atoms with van der Waals surface area (Å²) in [5.74, 6) is -0.138. The van der Waals surface area contributed by atoms with Crippen LogP contribution in [0.15, 0.2) is 42.6 Å². The second kappa shape index (κ2) is 9.43. The number of hydrogen-bond donors (Lipinski definition) is 1. The standard InChI is InChI=1S/C20H26N4O3/c1-15(2)20(25)21-13-16-6-8-18(9-7-16)24-14-17(22-23-24)10-12-27-19-5-3-4-11-26-19/h6-9,14,19H,1,3-5,10-13H2,2H3,(H,21,25). The maximum absolute atomic E-state index is 11.5. The highest BCUT2D eigenvalue weighted by Gasteiger charge is 2.14. The molecule has 2 heterocycles. The molecule has 7 nitrogen and oxygen atoms in total. The minimum absolute atomic E-state index is 0.0771. The Balaban J connectivity index is 1.48. The van der Waals surface area contributed by atoms with Crippen LogP contribution in [0.1, 0.15) is 37.4 Å². The molecule has 3 rings (SSSR count). The number of nitrogens with one attached hydrogen (secondary N) is 1. The van der Waals surface area contributed by atoms with E-state index in [4.69, 9.17) is 9.47 Å². The van der Waals surface area contributed by atoms with Crippen LogP contribution in [0.25, 0.3) is 5.69 Å². The van der Waals surface area contributed by atoms with Crippen LogP contribution in [0, 0.1) is 0 Å². The first kappa shape index (κ1) is 19.3. The number of benzene rings is 1. The zero-order valence-corrected chi connectivity index (χ0v) is 15.7. The van der Waals surface area contributed by atoms with Gasteiger partial charge in [0, 0.05) is 25.1 Å². The topological polar surface area (TPSA) is 78.3 Å². The van der Waals surface area contributed by atoms with Gasteiger partial charge in [0.1, 0.15) is 0 Å². The van der Waals surface area contributed by atoms with Gasteiger partial charge in [0.25, 0.3) is 0 Å². The van der Waals surface area contributed by atoms with Crippen LogP contribution in [0.3, 0.4) is 0 Å². The molecule has 1 amide bonds. The molecular weight excluding hydrogens is 344 g/mol. The molecular formula is C20H26N4O3. The van der Waals surface area contributed by atoms with Crippen LogP contribution in [0.4, 0.5) is 0 Å². The Bertz CT molecular complexity index is 764. The number of hydrogen-bond acceptors (Lipinski definition) is 5. The molecule has 0 spiro atoms. The molecule has 1 unspecified atom stereocenters. The first-order valence-corrected chi connectivity index (χ1v) is 9.29. The van der Waals surface area contributed by atoms with Crippen LogP contribution in [0.5, 0.6) is 0 Å². The molecule has 1 aromatic carbocycles. The van der Waals surface area contributed by atoms with Crippen LogP contribution >= 0.6 is 0 Å². The van der Waals surface area contributed by atoms with Crippen molar-refractivity contribution in [2.75, 3.05) is 13.2 Å². The van der Waals surface area contributed by atoms with E-state index >= 15 is 0 Å². The zero-order chi connectivity index (χ0) is 19.1. The number of aromatic nitrogens is 3. The summed E-state index contributed by atoms with van der Waals surface area (Å²) in [6.45, 7) is 7.14. The van der Waals surface area contributed by atoms with E-state index in [9.17, 15) is 4.79 Å². The summed E-state index contributed by atoms with van der Waals surface area (Å²) in [6, 6.07) is 7.82. The Kier molecular flexibility index (Phi) is 6.73. The van der Waals surface area contributed by atoms with Crippen molar-refractivity contribution in [3.05, 3.63) is 53.9 Å².